The number of hydrogen-bond acceptors (Lipinski definition) is 4. The van der Waals surface area contributed by atoms with Crippen LogP contribution in [-0.2, 0) is 11.4 Å². The summed E-state index contributed by atoms with van der Waals surface area (Å²) >= 11 is 0. The summed E-state index contributed by atoms with van der Waals surface area (Å²) in [7, 11) is 2.96. The first-order valence-corrected chi connectivity index (χ1v) is 6.15. The van der Waals surface area contributed by atoms with E-state index in [-0.39, 0.29) is 5.91 Å². The Morgan fingerprint density at radius 2 is 1.95 bits per heavy atom. The van der Waals surface area contributed by atoms with E-state index in [2.05, 4.69) is 4.98 Å². The van der Waals surface area contributed by atoms with Crippen LogP contribution in [0.4, 0.5) is 0 Å². The summed E-state index contributed by atoms with van der Waals surface area (Å²) < 4.78 is 5.59. The summed E-state index contributed by atoms with van der Waals surface area (Å²) in [5.41, 5.74) is 1.38. The Hall–Kier alpha value is -2.40. The van der Waals surface area contributed by atoms with Gasteiger partial charge in [-0.1, -0.05) is 30.3 Å². The van der Waals surface area contributed by atoms with Gasteiger partial charge < -0.3 is 4.74 Å². The zero-order chi connectivity index (χ0) is 14.4. The SMILES string of the molecule is CON(C)C(=O)c1ccc(OCc2ccccc2)cn1. The second kappa shape index (κ2) is 6.68. The molecule has 0 aliphatic heterocycles. The molecular weight excluding hydrogens is 256 g/mol. The van der Waals surface area contributed by atoms with Gasteiger partial charge >= 0.3 is 0 Å². The number of carbonyl (C=O) groups excluding carboxylic acids is 1. The first-order valence-electron chi connectivity index (χ1n) is 6.15. The monoisotopic (exact) mass is 272 g/mol. The number of aromatic nitrogens is 1. The van der Waals surface area contributed by atoms with Crippen LogP contribution in [0, 0.1) is 0 Å². The standard InChI is InChI=1S/C15H16N2O3/c1-17(19-2)15(18)14-9-8-13(10-16-14)20-11-12-6-4-3-5-7-12/h3-10H,11H2,1-2H3. The number of carbonyl (C=O) groups is 1. The average molecular weight is 272 g/mol. The minimum absolute atomic E-state index is 0.304. The third-order valence-corrected chi connectivity index (χ3v) is 2.76. The van der Waals surface area contributed by atoms with Crippen LogP contribution in [0.25, 0.3) is 0 Å². The van der Waals surface area contributed by atoms with Gasteiger partial charge in [0.05, 0.1) is 13.3 Å². The molecule has 2 aromatic rings. The molecule has 5 nitrogen and oxygen atoms in total. The normalized spacial score (nSPS) is 10.1. The first-order chi connectivity index (χ1) is 9.70. The maximum absolute atomic E-state index is 11.8. The number of ether oxygens (including phenoxy) is 1. The Kier molecular flexibility index (Phi) is 4.68. The maximum Gasteiger partial charge on any atom is 0.295 e. The van der Waals surface area contributed by atoms with Crippen molar-refractivity contribution in [2.75, 3.05) is 14.2 Å². The van der Waals surface area contributed by atoms with Crippen molar-refractivity contribution in [1.29, 1.82) is 0 Å². The molecule has 104 valence electrons. The molecule has 1 heterocycles. The Morgan fingerprint density at radius 1 is 1.20 bits per heavy atom. The van der Waals surface area contributed by atoms with E-state index in [4.69, 9.17) is 9.57 Å². The summed E-state index contributed by atoms with van der Waals surface area (Å²) in [6, 6.07) is 13.2. The minimum Gasteiger partial charge on any atom is -0.487 e. The van der Waals surface area contributed by atoms with Crippen LogP contribution in [0.5, 0.6) is 5.75 Å². The van der Waals surface area contributed by atoms with Gasteiger partial charge in [-0.3, -0.25) is 9.63 Å². The number of amides is 1. The number of nitrogens with zero attached hydrogens (tertiary/aromatic N) is 2. The summed E-state index contributed by atoms with van der Waals surface area (Å²) in [5.74, 6) is 0.313. The third kappa shape index (κ3) is 3.55. The lowest BCUT2D eigenvalue weighted by Gasteiger charge is -2.13. The highest BCUT2D eigenvalue weighted by molar-refractivity contribution is 5.91. The molecule has 0 fully saturated rings. The number of benzene rings is 1. The zero-order valence-electron chi connectivity index (χ0n) is 11.4. The summed E-state index contributed by atoms with van der Waals surface area (Å²) in [4.78, 5) is 20.6. The number of hydroxylamine groups is 2. The van der Waals surface area contributed by atoms with Crippen molar-refractivity contribution in [3.05, 3.63) is 59.9 Å². The molecule has 1 aromatic carbocycles. The zero-order valence-corrected chi connectivity index (χ0v) is 11.4. The quantitative estimate of drug-likeness (QED) is 0.784. The number of rotatable bonds is 5. The summed E-state index contributed by atoms with van der Waals surface area (Å²) in [6.07, 6.45) is 1.53. The fourth-order valence-corrected chi connectivity index (χ4v) is 1.58. The largest absolute Gasteiger partial charge is 0.487 e. The lowest BCUT2D eigenvalue weighted by molar-refractivity contribution is -0.0760. The first kappa shape index (κ1) is 14.0. The predicted molar refractivity (Wildman–Crippen MR) is 74.1 cm³/mol. The second-order valence-corrected chi connectivity index (χ2v) is 4.14. The van der Waals surface area contributed by atoms with Crippen LogP contribution in [0.2, 0.25) is 0 Å². The molecule has 5 heteroatoms. The van der Waals surface area contributed by atoms with E-state index in [0.717, 1.165) is 10.6 Å². The van der Waals surface area contributed by atoms with E-state index < -0.39 is 0 Å². The molecule has 0 unspecified atom stereocenters. The van der Waals surface area contributed by atoms with Gasteiger partial charge in [0.25, 0.3) is 5.91 Å². The Balaban J connectivity index is 1.96. The van der Waals surface area contributed by atoms with E-state index in [0.29, 0.717) is 18.1 Å². The predicted octanol–water partition coefficient (Wildman–Crippen LogP) is 2.29. The van der Waals surface area contributed by atoms with E-state index in [9.17, 15) is 4.79 Å². The molecule has 1 amide bonds. The molecule has 0 aliphatic rings. The van der Waals surface area contributed by atoms with Crippen LogP contribution >= 0.6 is 0 Å². The van der Waals surface area contributed by atoms with Gasteiger partial charge in [-0.15, -0.1) is 0 Å². The van der Waals surface area contributed by atoms with Crippen molar-refractivity contribution in [3.63, 3.8) is 0 Å². The van der Waals surface area contributed by atoms with Gasteiger partial charge in [-0.25, -0.2) is 10.0 Å². The lowest BCUT2D eigenvalue weighted by atomic mass is 10.2. The lowest BCUT2D eigenvalue weighted by Crippen LogP contribution is -2.26. The molecule has 2 rings (SSSR count). The average Bonchev–Trinajstić information content (AvgIpc) is 2.53. The van der Waals surface area contributed by atoms with Crippen LogP contribution in [0.15, 0.2) is 48.7 Å². The van der Waals surface area contributed by atoms with E-state index in [1.165, 1.54) is 20.4 Å². The number of pyridine rings is 1. The van der Waals surface area contributed by atoms with Gasteiger partial charge in [0.15, 0.2) is 0 Å². The maximum atomic E-state index is 11.8. The summed E-state index contributed by atoms with van der Waals surface area (Å²) in [5, 5.41) is 1.12. The van der Waals surface area contributed by atoms with Crippen molar-refractivity contribution >= 4 is 5.91 Å². The molecule has 1 aromatic heterocycles. The van der Waals surface area contributed by atoms with Crippen LogP contribution in [0.1, 0.15) is 16.1 Å². The Morgan fingerprint density at radius 3 is 2.55 bits per heavy atom. The highest BCUT2D eigenvalue weighted by atomic mass is 16.7. The van der Waals surface area contributed by atoms with Crippen molar-refractivity contribution in [2.24, 2.45) is 0 Å². The van der Waals surface area contributed by atoms with Crippen LogP contribution in [0.3, 0.4) is 0 Å². The Labute approximate surface area is 117 Å². The summed E-state index contributed by atoms with van der Waals surface area (Å²) in [6.45, 7) is 0.466. The van der Waals surface area contributed by atoms with Crippen molar-refractivity contribution in [2.45, 2.75) is 6.61 Å². The third-order valence-electron chi connectivity index (χ3n) is 2.76. The molecular formula is C15H16N2O3. The van der Waals surface area contributed by atoms with Crippen molar-refractivity contribution in [3.8, 4) is 5.75 Å². The number of hydrogen-bond donors (Lipinski definition) is 0. The van der Waals surface area contributed by atoms with Gasteiger partial charge in [-0.05, 0) is 17.7 Å². The molecule has 0 saturated carbocycles. The topological polar surface area (TPSA) is 51.7 Å². The van der Waals surface area contributed by atoms with Crippen molar-refractivity contribution < 1.29 is 14.4 Å². The molecule has 0 aliphatic carbocycles. The second-order valence-electron chi connectivity index (χ2n) is 4.14. The molecule has 0 atom stereocenters. The van der Waals surface area contributed by atoms with Gasteiger partial charge in [0, 0.05) is 7.05 Å². The van der Waals surface area contributed by atoms with E-state index >= 15 is 0 Å². The highest BCUT2D eigenvalue weighted by Gasteiger charge is 2.12. The molecule has 0 radical (unpaired) electrons. The molecule has 0 saturated heterocycles. The minimum atomic E-state index is -0.304. The van der Waals surface area contributed by atoms with E-state index in [1.807, 2.05) is 30.3 Å². The van der Waals surface area contributed by atoms with Crippen LogP contribution in [-0.4, -0.2) is 30.1 Å². The van der Waals surface area contributed by atoms with Gasteiger partial charge in [-0.2, -0.15) is 0 Å². The smallest absolute Gasteiger partial charge is 0.295 e. The molecule has 20 heavy (non-hydrogen) atoms. The van der Waals surface area contributed by atoms with E-state index in [1.54, 1.807) is 12.1 Å². The molecule has 0 N–H and O–H groups in total. The van der Waals surface area contributed by atoms with Crippen molar-refractivity contribution in [1.82, 2.24) is 10.0 Å². The fourth-order valence-electron chi connectivity index (χ4n) is 1.58. The molecule has 0 spiro atoms. The van der Waals surface area contributed by atoms with Gasteiger partial charge in [0.2, 0.25) is 0 Å². The molecule has 0 bridgehead atoms. The highest BCUT2D eigenvalue weighted by Crippen LogP contribution is 2.12. The van der Waals surface area contributed by atoms with Crippen LogP contribution < -0.4 is 4.74 Å². The Bertz CT molecular complexity index is 555. The fraction of sp³-hybridized carbons (Fsp3) is 0.200. The van der Waals surface area contributed by atoms with Gasteiger partial charge in [0.1, 0.15) is 18.1 Å².